The zero-order valence-corrected chi connectivity index (χ0v) is 19.2. The molecular weight excluding hydrogens is 459 g/mol. The van der Waals surface area contributed by atoms with E-state index in [9.17, 15) is 5.11 Å². The average molecular weight is 481 g/mol. The van der Waals surface area contributed by atoms with E-state index in [2.05, 4.69) is 20.2 Å². The van der Waals surface area contributed by atoms with Crippen LogP contribution >= 0.6 is 23.2 Å². The summed E-state index contributed by atoms with van der Waals surface area (Å²) < 4.78 is 0. The Morgan fingerprint density at radius 2 is 1.88 bits per heavy atom. The number of phenolic OH excluding ortho intramolecular Hbond substituents is 1. The minimum absolute atomic E-state index is 0.144. The number of hydrogen-bond acceptors (Lipinski definition) is 7. The monoisotopic (exact) mass is 480 g/mol. The molecule has 9 heteroatoms. The first-order valence-electron chi connectivity index (χ1n) is 10.7. The van der Waals surface area contributed by atoms with E-state index in [4.69, 9.17) is 33.9 Å². The van der Waals surface area contributed by atoms with E-state index in [1.165, 1.54) is 0 Å². The number of aromatic nitrogens is 3. The molecule has 0 amide bonds. The number of pyridine rings is 3. The van der Waals surface area contributed by atoms with E-state index in [-0.39, 0.29) is 21.8 Å². The highest BCUT2D eigenvalue weighted by atomic mass is 35.5. The SMILES string of the molecule is NC1CCCN(c2ccc(Nc3ccnc4ccc(-c5cc(Cl)c(O)c(Cl)c5)nc34)cn2)C1. The second kappa shape index (κ2) is 9.02. The average Bonchev–Trinajstić information content (AvgIpc) is 2.83. The quantitative estimate of drug-likeness (QED) is 0.360. The van der Waals surface area contributed by atoms with Crippen molar-refractivity contribution in [2.45, 2.75) is 18.9 Å². The molecule has 1 aliphatic heterocycles. The summed E-state index contributed by atoms with van der Waals surface area (Å²) in [6.45, 7) is 1.80. The Hall–Kier alpha value is -3.13. The lowest BCUT2D eigenvalue weighted by molar-refractivity contribution is 0.476. The van der Waals surface area contributed by atoms with E-state index < -0.39 is 0 Å². The van der Waals surface area contributed by atoms with Gasteiger partial charge in [-0.3, -0.25) is 4.98 Å². The van der Waals surface area contributed by atoms with E-state index >= 15 is 0 Å². The van der Waals surface area contributed by atoms with Gasteiger partial charge in [0.1, 0.15) is 11.3 Å². The summed E-state index contributed by atoms with van der Waals surface area (Å²) in [7, 11) is 0. The molecule has 0 radical (unpaired) electrons. The molecule has 1 aliphatic rings. The van der Waals surface area contributed by atoms with Crippen molar-refractivity contribution in [3.63, 3.8) is 0 Å². The lowest BCUT2D eigenvalue weighted by Gasteiger charge is -2.31. The Morgan fingerprint density at radius 3 is 2.61 bits per heavy atom. The van der Waals surface area contributed by atoms with Gasteiger partial charge in [-0.25, -0.2) is 9.97 Å². The van der Waals surface area contributed by atoms with Crippen LogP contribution in [-0.4, -0.2) is 39.2 Å². The molecular formula is C24H22Cl2N6O. The number of piperidine rings is 1. The third-order valence-corrected chi connectivity index (χ3v) is 6.28. The summed E-state index contributed by atoms with van der Waals surface area (Å²) in [4.78, 5) is 16.1. The van der Waals surface area contributed by atoms with E-state index in [0.29, 0.717) is 16.8 Å². The molecule has 0 aliphatic carbocycles. The number of halogens is 2. The van der Waals surface area contributed by atoms with Crippen LogP contribution in [0.1, 0.15) is 12.8 Å². The van der Waals surface area contributed by atoms with Crippen molar-refractivity contribution in [2.75, 3.05) is 23.3 Å². The molecule has 1 fully saturated rings. The van der Waals surface area contributed by atoms with Gasteiger partial charge in [-0.1, -0.05) is 23.2 Å². The maximum Gasteiger partial charge on any atom is 0.152 e. The molecule has 1 unspecified atom stereocenters. The largest absolute Gasteiger partial charge is 0.505 e. The van der Waals surface area contributed by atoms with Crippen molar-refractivity contribution < 1.29 is 5.11 Å². The summed E-state index contributed by atoms with van der Waals surface area (Å²) in [6, 6.07) is 13.1. The van der Waals surface area contributed by atoms with Crippen LogP contribution in [0, 0.1) is 0 Å². The number of rotatable bonds is 4. The molecule has 4 N–H and O–H groups in total. The second-order valence-electron chi connectivity index (χ2n) is 8.09. The molecule has 0 spiro atoms. The van der Waals surface area contributed by atoms with Gasteiger partial charge in [0.2, 0.25) is 0 Å². The predicted octanol–water partition coefficient (Wildman–Crippen LogP) is 5.38. The molecule has 1 aromatic carbocycles. The Bertz CT molecular complexity index is 1290. The maximum absolute atomic E-state index is 9.85. The van der Waals surface area contributed by atoms with Gasteiger partial charge in [0.15, 0.2) is 5.75 Å². The smallest absolute Gasteiger partial charge is 0.152 e. The Labute approximate surface area is 201 Å². The molecule has 33 heavy (non-hydrogen) atoms. The molecule has 1 saturated heterocycles. The van der Waals surface area contributed by atoms with Crippen molar-refractivity contribution in [1.29, 1.82) is 0 Å². The highest BCUT2D eigenvalue weighted by molar-refractivity contribution is 6.37. The number of nitrogens with zero attached hydrogens (tertiary/aromatic N) is 4. The first kappa shape index (κ1) is 21.7. The number of benzene rings is 1. The molecule has 5 rings (SSSR count). The zero-order chi connectivity index (χ0) is 22.9. The minimum Gasteiger partial charge on any atom is -0.505 e. The molecule has 4 heterocycles. The van der Waals surface area contributed by atoms with Crippen molar-refractivity contribution in [3.05, 3.63) is 64.9 Å². The molecule has 3 aromatic heterocycles. The van der Waals surface area contributed by atoms with Crippen LogP contribution in [0.25, 0.3) is 22.3 Å². The van der Waals surface area contributed by atoms with Gasteiger partial charge in [0, 0.05) is 30.9 Å². The number of hydrogen-bond donors (Lipinski definition) is 3. The first-order valence-corrected chi connectivity index (χ1v) is 11.4. The Kier molecular flexibility index (Phi) is 5.93. The highest BCUT2D eigenvalue weighted by Gasteiger charge is 2.18. The van der Waals surface area contributed by atoms with Crippen LogP contribution in [0.3, 0.4) is 0 Å². The maximum atomic E-state index is 9.85. The number of phenols is 1. The highest BCUT2D eigenvalue weighted by Crippen LogP contribution is 2.36. The lowest BCUT2D eigenvalue weighted by atomic mass is 10.1. The Balaban J connectivity index is 1.44. The standard InChI is InChI=1S/C24H22Cl2N6O/c25-17-10-14(11-18(26)24(17)33)19-4-5-20-23(31-19)21(7-8-28-20)30-16-3-6-22(29-12-16)32-9-1-2-15(27)13-32/h3-8,10-12,15,33H,1-2,9,13,27H2,(H,28,30). The second-order valence-corrected chi connectivity index (χ2v) is 8.90. The summed E-state index contributed by atoms with van der Waals surface area (Å²) in [5.41, 5.74) is 10.5. The van der Waals surface area contributed by atoms with Crippen LogP contribution in [0.2, 0.25) is 10.0 Å². The van der Waals surface area contributed by atoms with Crippen LogP contribution in [0.15, 0.2) is 54.9 Å². The van der Waals surface area contributed by atoms with Crippen LogP contribution in [-0.2, 0) is 0 Å². The normalized spacial score (nSPS) is 16.2. The summed E-state index contributed by atoms with van der Waals surface area (Å²) in [5.74, 6) is 0.783. The van der Waals surface area contributed by atoms with Gasteiger partial charge >= 0.3 is 0 Å². The van der Waals surface area contributed by atoms with Crippen molar-refractivity contribution in [3.8, 4) is 17.0 Å². The summed E-state index contributed by atoms with van der Waals surface area (Å²) in [6.07, 6.45) is 5.68. The Morgan fingerprint density at radius 1 is 1.06 bits per heavy atom. The minimum atomic E-state index is -0.144. The molecule has 0 saturated carbocycles. The van der Waals surface area contributed by atoms with Gasteiger partial charge < -0.3 is 21.1 Å². The fraction of sp³-hybridized carbons (Fsp3) is 0.208. The van der Waals surface area contributed by atoms with Crippen molar-refractivity contribution in [1.82, 2.24) is 15.0 Å². The van der Waals surface area contributed by atoms with Gasteiger partial charge in [-0.15, -0.1) is 0 Å². The van der Waals surface area contributed by atoms with E-state index in [0.717, 1.165) is 48.6 Å². The van der Waals surface area contributed by atoms with Gasteiger partial charge in [-0.2, -0.15) is 0 Å². The predicted molar refractivity (Wildman–Crippen MR) is 134 cm³/mol. The van der Waals surface area contributed by atoms with E-state index in [1.807, 2.05) is 36.5 Å². The van der Waals surface area contributed by atoms with Gasteiger partial charge in [0.05, 0.1) is 38.8 Å². The fourth-order valence-electron chi connectivity index (χ4n) is 4.02. The lowest BCUT2D eigenvalue weighted by Crippen LogP contribution is -2.43. The van der Waals surface area contributed by atoms with Crippen LogP contribution in [0.5, 0.6) is 5.75 Å². The number of fused-ring (bicyclic) bond motifs is 1. The third-order valence-electron chi connectivity index (χ3n) is 5.71. The van der Waals surface area contributed by atoms with E-state index in [1.54, 1.807) is 18.3 Å². The number of anilines is 3. The summed E-state index contributed by atoms with van der Waals surface area (Å²) in [5, 5.41) is 13.6. The topological polar surface area (TPSA) is 100 Å². The van der Waals surface area contributed by atoms with Crippen molar-refractivity contribution in [2.24, 2.45) is 5.73 Å². The zero-order valence-electron chi connectivity index (χ0n) is 17.7. The molecule has 4 aromatic rings. The van der Waals surface area contributed by atoms with Gasteiger partial charge in [-0.05, 0) is 55.3 Å². The molecule has 168 valence electrons. The van der Waals surface area contributed by atoms with Crippen LogP contribution < -0.4 is 16.0 Å². The number of nitrogens with one attached hydrogen (secondary N) is 1. The molecule has 0 bridgehead atoms. The summed E-state index contributed by atoms with van der Waals surface area (Å²) >= 11 is 12.2. The first-order chi connectivity index (χ1) is 16.0. The van der Waals surface area contributed by atoms with Crippen LogP contribution in [0.4, 0.5) is 17.2 Å². The number of aromatic hydroxyl groups is 1. The van der Waals surface area contributed by atoms with Crippen molar-refractivity contribution >= 4 is 51.4 Å². The fourth-order valence-corrected chi connectivity index (χ4v) is 4.51. The molecule has 7 nitrogen and oxygen atoms in total. The molecule has 1 atom stereocenters. The van der Waals surface area contributed by atoms with Gasteiger partial charge in [0.25, 0.3) is 0 Å². The number of nitrogens with two attached hydrogens (primary N) is 1. The third kappa shape index (κ3) is 4.53.